The predicted molar refractivity (Wildman–Crippen MR) is 315 cm³/mol. The highest BCUT2D eigenvalue weighted by Gasteiger charge is 2.60. The average molecular weight is 1180 g/mol. The summed E-state index contributed by atoms with van der Waals surface area (Å²) in [6, 6.07) is 28.0. The number of carbonyl (C=O) groups is 6. The van der Waals surface area contributed by atoms with Crippen molar-refractivity contribution in [2.75, 3.05) is 6.61 Å². The first-order valence-electron chi connectivity index (χ1n) is 31.2. The van der Waals surface area contributed by atoms with Crippen molar-refractivity contribution in [3.63, 3.8) is 0 Å². The van der Waals surface area contributed by atoms with Gasteiger partial charge >= 0.3 is 35.8 Å². The van der Waals surface area contributed by atoms with Crippen LogP contribution in [0.1, 0.15) is 171 Å². The number of hydrogen-bond donors (Lipinski definition) is 2. The highest BCUT2D eigenvalue weighted by molar-refractivity contribution is 7.97. The van der Waals surface area contributed by atoms with Gasteiger partial charge in [0.05, 0.1) is 57.8 Å². The molecule has 15 heteroatoms. The van der Waals surface area contributed by atoms with Gasteiger partial charge in [-0.25, -0.2) is 4.79 Å². The molecule has 12 unspecified atom stereocenters. The fraction of sp³-hybridized carbons (Fsp3) is 0.652. The average Bonchev–Trinajstić information content (AvgIpc) is 1.16. The minimum absolute atomic E-state index is 0.0388. The van der Waals surface area contributed by atoms with Gasteiger partial charge in [-0.1, -0.05) is 43.3 Å². The Labute approximate surface area is 499 Å². The van der Waals surface area contributed by atoms with Gasteiger partial charge in [0.25, 0.3) is 0 Å². The van der Waals surface area contributed by atoms with Gasteiger partial charge in [0.1, 0.15) is 23.1 Å². The molecule has 84 heavy (non-hydrogen) atoms. The van der Waals surface area contributed by atoms with Gasteiger partial charge in [0, 0.05) is 6.42 Å². The van der Waals surface area contributed by atoms with E-state index in [1.165, 1.54) is 0 Å². The number of cyclic esters (lactones) is 1. The third-order valence-corrected chi connectivity index (χ3v) is 22.7. The van der Waals surface area contributed by atoms with E-state index >= 15 is 14.4 Å². The summed E-state index contributed by atoms with van der Waals surface area (Å²) in [5, 5.41) is 23.3. The van der Waals surface area contributed by atoms with Gasteiger partial charge in [-0.05, 0) is 248 Å². The van der Waals surface area contributed by atoms with E-state index in [9.17, 15) is 24.6 Å². The predicted octanol–water partition coefficient (Wildman–Crippen LogP) is 12.1. The molecule has 14 nitrogen and oxygen atoms in total. The minimum Gasteiger partial charge on any atom is -0.463 e. The normalized spacial score (nSPS) is 30.6. The van der Waals surface area contributed by atoms with E-state index < -0.39 is 104 Å². The lowest BCUT2D eigenvalue weighted by molar-refractivity contribution is -0.208. The van der Waals surface area contributed by atoms with Crippen LogP contribution in [0.25, 0.3) is 0 Å². The third-order valence-electron chi connectivity index (χ3n) is 20.5. The molecule has 3 aromatic carbocycles. The summed E-state index contributed by atoms with van der Waals surface area (Å²) in [5.74, 6) is -3.98. The summed E-state index contributed by atoms with van der Waals surface area (Å²) in [7, 11) is -0.444. The van der Waals surface area contributed by atoms with Crippen molar-refractivity contribution < 1.29 is 67.4 Å². The van der Waals surface area contributed by atoms with Crippen LogP contribution in [0.15, 0.2) is 99.6 Å². The van der Waals surface area contributed by atoms with Crippen LogP contribution in [-0.4, -0.2) is 87.8 Å². The molecule has 7 aliphatic carbocycles. The standard InChI is InChI=1S/C69H91O14S/c1-42-44-32-53(54(33-44)55(70)35-57(71)82-64(2,3)4)52(42)34-47(59(72)83-68(9)27-16-17-28-68)37-66(7,62(75)80-56-26-29-78-60(56)73)41-67(8,63(76)81-58-45-30-43-31-46(58)39-69(77,36-43)38-45)40-65(5,6)61(74)79-48-22-24-51(25-23-48)84(49-18-12-10-13-19-49)50-20-14-11-15-21-50/h10-15,18-25,42-47,52-56,58,70,77H,16-17,26-41H2,1-9H3/q+1. The first-order valence-corrected chi connectivity index (χ1v) is 32.4. The second-order valence-electron chi connectivity index (χ2n) is 29.2. The van der Waals surface area contributed by atoms with Gasteiger partial charge in [-0.3, -0.25) is 24.0 Å². The largest absolute Gasteiger partial charge is 0.463 e. The minimum atomic E-state index is -1.68. The van der Waals surface area contributed by atoms with Crippen molar-refractivity contribution in [1.29, 1.82) is 0 Å². The first kappa shape index (κ1) is 61.8. The monoisotopic (exact) mass is 1180 g/mol. The molecule has 0 amide bonds. The second kappa shape index (κ2) is 24.1. The maximum absolute atomic E-state index is 15.8. The number of benzene rings is 3. The molecule has 8 fully saturated rings. The molecule has 7 saturated carbocycles. The maximum Gasteiger partial charge on any atom is 0.347 e. The molecule has 8 aliphatic rings. The molecule has 12 atom stereocenters. The summed E-state index contributed by atoms with van der Waals surface area (Å²) in [5.41, 5.74) is -6.93. The molecule has 0 spiro atoms. The van der Waals surface area contributed by atoms with Crippen LogP contribution in [0.5, 0.6) is 5.75 Å². The lowest BCUT2D eigenvalue weighted by atomic mass is 9.53. The topological polar surface area (TPSA) is 198 Å². The first-order chi connectivity index (χ1) is 39.6. The van der Waals surface area contributed by atoms with Crippen LogP contribution in [0, 0.1) is 69.5 Å². The quantitative estimate of drug-likeness (QED) is 0.0417. The Balaban J connectivity index is 0.973. The Morgan fingerprint density at radius 3 is 1.88 bits per heavy atom. The molecule has 3 aromatic rings. The maximum atomic E-state index is 15.8. The number of rotatable bonds is 22. The summed E-state index contributed by atoms with van der Waals surface area (Å²) in [4.78, 5) is 91.0. The van der Waals surface area contributed by atoms with Gasteiger partial charge in [0.2, 0.25) is 6.10 Å². The Kier molecular flexibility index (Phi) is 17.8. The number of ether oxygens (including phenoxy) is 6. The Hall–Kier alpha value is -5.25. The zero-order chi connectivity index (χ0) is 60.1. The van der Waals surface area contributed by atoms with Gasteiger partial charge in [0.15, 0.2) is 14.7 Å². The molecule has 1 saturated heterocycles. The van der Waals surface area contributed by atoms with Crippen LogP contribution < -0.4 is 4.74 Å². The van der Waals surface area contributed by atoms with Crippen LogP contribution >= 0.6 is 0 Å². The second-order valence-corrected chi connectivity index (χ2v) is 31.2. The lowest BCUT2D eigenvalue weighted by Gasteiger charge is -2.57. The van der Waals surface area contributed by atoms with E-state index in [1.807, 2.05) is 55.5 Å². The summed E-state index contributed by atoms with van der Waals surface area (Å²) < 4.78 is 36.7. The van der Waals surface area contributed by atoms with E-state index in [2.05, 4.69) is 31.2 Å². The lowest BCUT2D eigenvalue weighted by Crippen LogP contribution is -2.58. The zero-order valence-corrected chi connectivity index (χ0v) is 51.8. The van der Waals surface area contributed by atoms with Crippen molar-refractivity contribution >= 4 is 46.7 Å². The van der Waals surface area contributed by atoms with Crippen LogP contribution in [0.2, 0.25) is 0 Å². The highest BCUT2D eigenvalue weighted by atomic mass is 32.2. The van der Waals surface area contributed by atoms with Gasteiger partial charge in [-0.15, -0.1) is 0 Å². The van der Waals surface area contributed by atoms with E-state index in [-0.39, 0.29) is 80.1 Å². The number of aliphatic hydroxyl groups excluding tert-OH is 1. The molecule has 1 heterocycles. The van der Waals surface area contributed by atoms with Crippen molar-refractivity contribution in [3.05, 3.63) is 84.9 Å². The Morgan fingerprint density at radius 2 is 1.32 bits per heavy atom. The number of hydrogen-bond acceptors (Lipinski definition) is 14. The smallest absolute Gasteiger partial charge is 0.347 e. The Bertz CT molecular complexity index is 2820. The molecule has 0 aromatic heterocycles. The molecule has 11 rings (SSSR count). The molecule has 2 N–H and O–H groups in total. The van der Waals surface area contributed by atoms with Gasteiger partial charge in [-0.2, -0.15) is 0 Å². The van der Waals surface area contributed by atoms with E-state index in [1.54, 1.807) is 60.6 Å². The van der Waals surface area contributed by atoms with E-state index in [0.717, 1.165) is 59.6 Å². The van der Waals surface area contributed by atoms with Crippen LogP contribution in [0.3, 0.4) is 0 Å². The molecule has 1 aliphatic heterocycles. The number of esters is 6. The molecular weight excluding hydrogens is 1080 g/mol. The molecule has 456 valence electrons. The fourth-order valence-electron chi connectivity index (χ4n) is 17.0. The van der Waals surface area contributed by atoms with Crippen LogP contribution in [-0.2, 0) is 63.3 Å². The highest BCUT2D eigenvalue weighted by Crippen LogP contribution is 2.60. The molecular formula is C69H91O14S+. The van der Waals surface area contributed by atoms with Gasteiger partial charge < -0.3 is 38.6 Å². The number of carbonyl (C=O) groups excluding carboxylic acids is 6. The number of aliphatic hydroxyl groups is 2. The van der Waals surface area contributed by atoms with E-state index in [0.29, 0.717) is 43.8 Å². The third kappa shape index (κ3) is 13.6. The Morgan fingerprint density at radius 1 is 0.726 bits per heavy atom. The SMILES string of the molecule is CC1C2CC(C(O)CC(=O)OC(C)(C)C)C(C2)C1CC(CC(C)(CC(C)(CC(C)(C)C(=O)Oc1ccc([S+](c2ccccc2)c2ccccc2)cc1)C(=O)OC1C2CC3CC1CC(O)(C3)C2)C(=O)OC1CCOC1=O)C(=O)OC1(C)CCCC1. The van der Waals surface area contributed by atoms with E-state index in [4.69, 9.17) is 28.4 Å². The molecule has 0 radical (unpaired) electrons. The fourth-order valence-corrected chi connectivity index (χ4v) is 19.1. The zero-order valence-electron chi connectivity index (χ0n) is 50.9. The van der Waals surface area contributed by atoms with Crippen molar-refractivity contribution in [2.24, 2.45) is 69.5 Å². The van der Waals surface area contributed by atoms with Crippen molar-refractivity contribution in [1.82, 2.24) is 0 Å². The summed E-state index contributed by atoms with van der Waals surface area (Å²) in [6.07, 6.45) is 5.25. The van der Waals surface area contributed by atoms with Crippen molar-refractivity contribution in [3.8, 4) is 5.75 Å². The summed E-state index contributed by atoms with van der Waals surface area (Å²) in [6.45, 7) is 16.5. The van der Waals surface area contributed by atoms with Crippen molar-refractivity contribution in [2.45, 2.75) is 221 Å². The molecule has 6 bridgehead atoms. The van der Waals surface area contributed by atoms with Crippen LogP contribution in [0.4, 0.5) is 0 Å². The number of fused-ring (bicyclic) bond motifs is 2. The summed E-state index contributed by atoms with van der Waals surface area (Å²) >= 11 is 0.